The molecule has 2 heterocycles. The second kappa shape index (κ2) is 6.08. The fourth-order valence-electron chi connectivity index (χ4n) is 2.84. The second-order valence-corrected chi connectivity index (χ2v) is 6.29. The van der Waals surface area contributed by atoms with E-state index < -0.39 is 0 Å². The molecule has 3 nitrogen and oxygen atoms in total. The molecule has 110 valence electrons. The van der Waals surface area contributed by atoms with Crippen LogP contribution >= 0.6 is 0 Å². The van der Waals surface area contributed by atoms with Crippen LogP contribution in [0.3, 0.4) is 0 Å². The zero-order valence-corrected chi connectivity index (χ0v) is 12.2. The van der Waals surface area contributed by atoms with Gasteiger partial charge in [0, 0.05) is 37.4 Å². The first-order valence-electron chi connectivity index (χ1n) is 7.85. The number of anilines is 1. The van der Waals surface area contributed by atoms with Crippen molar-refractivity contribution in [3.8, 4) is 0 Å². The number of halogens is 1. The van der Waals surface area contributed by atoms with Crippen LogP contribution in [0.1, 0.15) is 44.6 Å². The molecule has 1 aliphatic carbocycles. The van der Waals surface area contributed by atoms with E-state index in [1.165, 1.54) is 19.3 Å². The molecule has 1 saturated carbocycles. The number of hydrogen-bond donors (Lipinski definition) is 1. The molecule has 1 aromatic rings. The van der Waals surface area contributed by atoms with Crippen molar-refractivity contribution in [1.29, 1.82) is 0 Å². The number of hydrogen-bond acceptors (Lipinski definition) is 3. The standard InChI is InChI=1S/C16H24FN3/c1-12-3-2-9-20(10-7-12)16-15(17)13(6-8-18-16)11-19-14-4-5-14/h6,8,12,14,19H,2-5,7,9-11H2,1H3. The quantitative estimate of drug-likeness (QED) is 0.916. The fraction of sp³-hybridized carbons (Fsp3) is 0.688. The van der Waals surface area contributed by atoms with Crippen LogP contribution in [0.5, 0.6) is 0 Å². The smallest absolute Gasteiger partial charge is 0.170 e. The van der Waals surface area contributed by atoms with Gasteiger partial charge in [-0.1, -0.05) is 6.92 Å². The Morgan fingerprint density at radius 1 is 1.30 bits per heavy atom. The van der Waals surface area contributed by atoms with Gasteiger partial charge >= 0.3 is 0 Å². The van der Waals surface area contributed by atoms with Crippen LogP contribution < -0.4 is 10.2 Å². The minimum atomic E-state index is -0.129. The zero-order chi connectivity index (χ0) is 13.9. The van der Waals surface area contributed by atoms with Gasteiger partial charge in [-0.3, -0.25) is 0 Å². The van der Waals surface area contributed by atoms with E-state index in [-0.39, 0.29) is 5.82 Å². The van der Waals surface area contributed by atoms with Gasteiger partial charge in [0.25, 0.3) is 0 Å². The summed E-state index contributed by atoms with van der Waals surface area (Å²) in [5.41, 5.74) is 0.749. The van der Waals surface area contributed by atoms with E-state index in [1.54, 1.807) is 12.3 Å². The van der Waals surface area contributed by atoms with E-state index in [1.807, 2.05) is 0 Å². The Labute approximate surface area is 120 Å². The Morgan fingerprint density at radius 3 is 2.95 bits per heavy atom. The largest absolute Gasteiger partial charge is 0.354 e. The normalized spacial score (nSPS) is 23.7. The predicted molar refractivity (Wildman–Crippen MR) is 79.3 cm³/mol. The van der Waals surface area contributed by atoms with E-state index in [4.69, 9.17) is 0 Å². The van der Waals surface area contributed by atoms with Crippen molar-refractivity contribution in [1.82, 2.24) is 10.3 Å². The maximum Gasteiger partial charge on any atom is 0.170 e. The van der Waals surface area contributed by atoms with Crippen LogP contribution in [-0.2, 0) is 6.54 Å². The van der Waals surface area contributed by atoms with Crippen molar-refractivity contribution in [3.05, 3.63) is 23.6 Å². The van der Waals surface area contributed by atoms with Gasteiger partial charge in [-0.15, -0.1) is 0 Å². The summed E-state index contributed by atoms with van der Waals surface area (Å²) in [7, 11) is 0. The third-order valence-electron chi connectivity index (χ3n) is 4.43. The third kappa shape index (κ3) is 3.29. The molecule has 2 aliphatic rings. The van der Waals surface area contributed by atoms with Gasteiger partial charge in [0.1, 0.15) is 0 Å². The van der Waals surface area contributed by atoms with Gasteiger partial charge in [0.15, 0.2) is 11.6 Å². The predicted octanol–water partition coefficient (Wildman–Crippen LogP) is 3.10. The van der Waals surface area contributed by atoms with Gasteiger partial charge in [0.2, 0.25) is 0 Å². The summed E-state index contributed by atoms with van der Waals surface area (Å²) < 4.78 is 14.6. The Hall–Kier alpha value is -1.16. The molecule has 0 amide bonds. The van der Waals surface area contributed by atoms with Crippen molar-refractivity contribution in [2.45, 2.75) is 51.6 Å². The second-order valence-electron chi connectivity index (χ2n) is 6.29. The third-order valence-corrected chi connectivity index (χ3v) is 4.43. The first-order chi connectivity index (χ1) is 9.74. The van der Waals surface area contributed by atoms with Gasteiger partial charge < -0.3 is 10.2 Å². The SMILES string of the molecule is CC1CCCN(c2nccc(CNC3CC3)c2F)CC1. The van der Waals surface area contributed by atoms with E-state index in [2.05, 4.69) is 22.1 Å². The Morgan fingerprint density at radius 2 is 2.15 bits per heavy atom. The highest BCUT2D eigenvalue weighted by Gasteiger charge is 2.23. The van der Waals surface area contributed by atoms with E-state index in [9.17, 15) is 4.39 Å². The summed E-state index contributed by atoms with van der Waals surface area (Å²) >= 11 is 0. The van der Waals surface area contributed by atoms with Gasteiger partial charge in [-0.05, 0) is 44.1 Å². The number of pyridine rings is 1. The average molecular weight is 277 g/mol. The van der Waals surface area contributed by atoms with Crippen LogP contribution in [0.25, 0.3) is 0 Å². The van der Waals surface area contributed by atoms with Gasteiger partial charge in [0.05, 0.1) is 0 Å². The van der Waals surface area contributed by atoms with Crippen molar-refractivity contribution >= 4 is 5.82 Å². The lowest BCUT2D eigenvalue weighted by molar-refractivity contribution is 0.520. The van der Waals surface area contributed by atoms with Crippen LogP contribution in [0.2, 0.25) is 0 Å². The highest BCUT2D eigenvalue weighted by Crippen LogP contribution is 2.25. The minimum absolute atomic E-state index is 0.129. The Balaban J connectivity index is 1.72. The first-order valence-corrected chi connectivity index (χ1v) is 7.85. The summed E-state index contributed by atoms with van der Waals surface area (Å²) in [4.78, 5) is 6.42. The van der Waals surface area contributed by atoms with Crippen LogP contribution in [0.15, 0.2) is 12.3 Å². The molecule has 1 aliphatic heterocycles. The molecule has 20 heavy (non-hydrogen) atoms. The average Bonchev–Trinajstić information content (AvgIpc) is 3.26. The molecular weight excluding hydrogens is 253 g/mol. The molecule has 0 aromatic carbocycles. The molecule has 2 fully saturated rings. The molecule has 1 aromatic heterocycles. The first kappa shape index (κ1) is 13.8. The summed E-state index contributed by atoms with van der Waals surface area (Å²) in [6, 6.07) is 2.40. The van der Waals surface area contributed by atoms with Crippen molar-refractivity contribution in [3.63, 3.8) is 0 Å². The zero-order valence-electron chi connectivity index (χ0n) is 12.2. The molecule has 1 unspecified atom stereocenters. The molecule has 0 spiro atoms. The van der Waals surface area contributed by atoms with Crippen LogP contribution in [0.4, 0.5) is 10.2 Å². The fourth-order valence-corrected chi connectivity index (χ4v) is 2.84. The molecule has 1 N–H and O–H groups in total. The number of nitrogens with one attached hydrogen (secondary N) is 1. The summed E-state index contributed by atoms with van der Waals surface area (Å²) in [6.45, 7) is 4.75. The number of rotatable bonds is 4. The summed E-state index contributed by atoms with van der Waals surface area (Å²) in [5.74, 6) is 1.16. The molecule has 0 radical (unpaired) electrons. The van der Waals surface area contributed by atoms with Crippen LogP contribution in [0, 0.1) is 11.7 Å². The summed E-state index contributed by atoms with van der Waals surface area (Å²) in [5, 5.41) is 3.38. The van der Waals surface area contributed by atoms with E-state index >= 15 is 0 Å². The lowest BCUT2D eigenvalue weighted by atomic mass is 10.0. The monoisotopic (exact) mass is 277 g/mol. The van der Waals surface area contributed by atoms with E-state index in [0.29, 0.717) is 18.4 Å². The van der Waals surface area contributed by atoms with Gasteiger partial charge in [-0.2, -0.15) is 0 Å². The van der Waals surface area contributed by atoms with E-state index in [0.717, 1.165) is 37.4 Å². The summed E-state index contributed by atoms with van der Waals surface area (Å²) in [6.07, 6.45) is 7.70. The number of aromatic nitrogens is 1. The highest BCUT2D eigenvalue weighted by molar-refractivity contribution is 5.43. The molecule has 1 atom stereocenters. The van der Waals surface area contributed by atoms with Crippen molar-refractivity contribution in [2.75, 3.05) is 18.0 Å². The lowest BCUT2D eigenvalue weighted by Gasteiger charge is -2.23. The van der Waals surface area contributed by atoms with Crippen LogP contribution in [-0.4, -0.2) is 24.1 Å². The molecule has 3 rings (SSSR count). The maximum absolute atomic E-state index is 14.6. The van der Waals surface area contributed by atoms with Gasteiger partial charge in [-0.25, -0.2) is 9.37 Å². The molecule has 1 saturated heterocycles. The number of nitrogens with zero attached hydrogens (tertiary/aromatic N) is 2. The minimum Gasteiger partial charge on any atom is -0.354 e. The van der Waals surface area contributed by atoms with Crippen molar-refractivity contribution in [2.24, 2.45) is 5.92 Å². The topological polar surface area (TPSA) is 28.2 Å². The van der Waals surface area contributed by atoms with Crippen molar-refractivity contribution < 1.29 is 4.39 Å². The Bertz CT molecular complexity index is 459. The maximum atomic E-state index is 14.6. The Kier molecular flexibility index (Phi) is 4.20. The molecule has 0 bridgehead atoms. The lowest BCUT2D eigenvalue weighted by Crippen LogP contribution is -2.27. The molecular formula is C16H24FN3. The highest BCUT2D eigenvalue weighted by atomic mass is 19.1. The molecule has 4 heteroatoms.